The zero-order valence-corrected chi connectivity index (χ0v) is 32.6. The number of rotatable bonds is 9. The van der Waals surface area contributed by atoms with Crippen LogP contribution in [0.1, 0.15) is 126 Å². The van der Waals surface area contributed by atoms with Crippen LogP contribution in [0.25, 0.3) is 0 Å². The highest BCUT2D eigenvalue weighted by Crippen LogP contribution is 2.88. The number of fused-ring (bicyclic) bond motifs is 2. The summed E-state index contributed by atoms with van der Waals surface area (Å²) in [6.45, 7) is 18.7. The second-order valence-electron chi connectivity index (χ2n) is 19.9. The molecule has 0 aromatic carbocycles. The standard InChI is InChI=1S/C41H70N2O7/c1-9-10-27(33(44)37(4,5)47)49-28-23-38(6)17-18-41-25-40(41)16-13-31(36(2,3)29(40)11-12-30(41)39(38,7)34(28)45)50-32-24-43(21-22-48-32)35(46)26-14-19-42(8)20-15-26/h26-34,44-45,47H,9-25H2,1-8H3. The van der Waals surface area contributed by atoms with Crippen LogP contribution in [0.15, 0.2) is 0 Å². The first-order valence-corrected chi connectivity index (χ1v) is 20.4. The summed E-state index contributed by atoms with van der Waals surface area (Å²) in [6.07, 6.45) is 9.41. The molecule has 7 rings (SSSR count). The fraction of sp³-hybridized carbons (Fsp3) is 0.976. The number of carbonyl (C=O) groups excluding carboxylic acids is 1. The Labute approximate surface area is 302 Å². The lowest BCUT2D eigenvalue weighted by atomic mass is 9.42. The monoisotopic (exact) mass is 703 g/mol. The predicted molar refractivity (Wildman–Crippen MR) is 192 cm³/mol. The van der Waals surface area contributed by atoms with Crippen LogP contribution < -0.4 is 0 Å². The molecule has 0 aromatic heterocycles. The Morgan fingerprint density at radius 2 is 1.66 bits per heavy atom. The Morgan fingerprint density at radius 1 is 0.980 bits per heavy atom. The van der Waals surface area contributed by atoms with Crippen LogP contribution in [-0.2, 0) is 19.0 Å². The van der Waals surface area contributed by atoms with Crippen molar-refractivity contribution >= 4 is 5.91 Å². The van der Waals surface area contributed by atoms with Gasteiger partial charge >= 0.3 is 0 Å². The van der Waals surface area contributed by atoms with Crippen LogP contribution in [0, 0.1) is 44.8 Å². The normalized spacial score (nSPS) is 45.9. The lowest BCUT2D eigenvalue weighted by Gasteiger charge is -2.63. The van der Waals surface area contributed by atoms with Gasteiger partial charge in [-0.25, -0.2) is 0 Å². The Morgan fingerprint density at radius 3 is 2.34 bits per heavy atom. The van der Waals surface area contributed by atoms with Gasteiger partial charge in [-0.05, 0) is 138 Å². The molecule has 5 saturated carbocycles. The van der Waals surface area contributed by atoms with E-state index in [0.717, 1.165) is 70.9 Å². The molecule has 50 heavy (non-hydrogen) atoms. The SMILES string of the molecule is CCCC(OC1CC2(C)CCC34CC35CCC(OC3CN(C(=O)C6CCN(C)CC6)CCO3)C(C)(C)C5CCC4C2(C)C1O)C(O)C(C)(C)O. The van der Waals surface area contributed by atoms with Crippen LogP contribution in [0.4, 0.5) is 0 Å². The summed E-state index contributed by atoms with van der Waals surface area (Å²) >= 11 is 0. The molecule has 0 bridgehead atoms. The van der Waals surface area contributed by atoms with Crippen LogP contribution in [0.3, 0.4) is 0 Å². The van der Waals surface area contributed by atoms with Crippen molar-refractivity contribution in [1.29, 1.82) is 0 Å². The van der Waals surface area contributed by atoms with Crippen molar-refractivity contribution in [2.75, 3.05) is 39.8 Å². The van der Waals surface area contributed by atoms with Crippen molar-refractivity contribution in [2.45, 2.75) is 168 Å². The van der Waals surface area contributed by atoms with E-state index in [1.807, 2.05) is 4.90 Å². The minimum atomic E-state index is -1.27. The number of amides is 1. The highest BCUT2D eigenvalue weighted by atomic mass is 16.7. The summed E-state index contributed by atoms with van der Waals surface area (Å²) in [6, 6.07) is 0. The van der Waals surface area contributed by atoms with Gasteiger partial charge in [0.05, 0.1) is 43.2 Å². The zero-order chi connectivity index (χ0) is 36.1. The molecule has 12 unspecified atom stereocenters. The van der Waals surface area contributed by atoms with Crippen molar-refractivity contribution in [3.8, 4) is 0 Å². The van der Waals surface area contributed by atoms with E-state index in [1.165, 1.54) is 12.8 Å². The fourth-order valence-electron chi connectivity index (χ4n) is 13.6. The highest BCUT2D eigenvalue weighted by molar-refractivity contribution is 5.79. The van der Waals surface area contributed by atoms with Crippen molar-refractivity contribution in [3.05, 3.63) is 0 Å². The molecule has 9 nitrogen and oxygen atoms in total. The van der Waals surface area contributed by atoms with Crippen LogP contribution >= 0.6 is 0 Å². The largest absolute Gasteiger partial charge is 0.390 e. The van der Waals surface area contributed by atoms with Crippen LogP contribution in [-0.4, -0.2) is 113 Å². The van der Waals surface area contributed by atoms with Gasteiger partial charge in [0, 0.05) is 17.9 Å². The molecular formula is C41H70N2O7. The summed E-state index contributed by atoms with van der Waals surface area (Å²) in [5.74, 6) is 1.39. The fourth-order valence-corrected chi connectivity index (χ4v) is 13.6. The molecule has 2 spiro atoms. The van der Waals surface area contributed by atoms with E-state index in [1.54, 1.807) is 13.8 Å². The van der Waals surface area contributed by atoms with E-state index in [4.69, 9.17) is 14.2 Å². The first kappa shape index (κ1) is 37.5. The molecule has 12 atom stereocenters. The van der Waals surface area contributed by atoms with Crippen molar-refractivity contribution in [1.82, 2.24) is 9.80 Å². The number of morpholine rings is 1. The highest BCUT2D eigenvalue weighted by Gasteiger charge is 2.83. The minimum Gasteiger partial charge on any atom is -0.390 e. The van der Waals surface area contributed by atoms with Gasteiger partial charge in [0.2, 0.25) is 5.91 Å². The zero-order valence-electron chi connectivity index (χ0n) is 32.6. The van der Waals surface area contributed by atoms with E-state index < -0.39 is 23.9 Å². The van der Waals surface area contributed by atoms with E-state index in [-0.39, 0.29) is 57.4 Å². The summed E-state index contributed by atoms with van der Waals surface area (Å²) in [4.78, 5) is 17.8. The molecule has 286 valence electrons. The third-order valence-corrected chi connectivity index (χ3v) is 16.7. The second kappa shape index (κ2) is 12.9. The minimum absolute atomic E-state index is 0.0154. The molecule has 2 saturated heterocycles. The third-order valence-electron chi connectivity index (χ3n) is 16.7. The molecule has 7 aliphatic rings. The van der Waals surface area contributed by atoms with Gasteiger partial charge in [-0.3, -0.25) is 4.79 Å². The number of likely N-dealkylation sites (tertiary alicyclic amines) is 1. The Balaban J connectivity index is 1.04. The molecular weight excluding hydrogens is 632 g/mol. The third kappa shape index (κ3) is 5.68. The molecule has 0 radical (unpaired) electrons. The van der Waals surface area contributed by atoms with E-state index >= 15 is 0 Å². The molecule has 3 N–H and O–H groups in total. The van der Waals surface area contributed by atoms with Gasteiger partial charge in [-0.15, -0.1) is 0 Å². The summed E-state index contributed by atoms with van der Waals surface area (Å²) < 4.78 is 19.8. The number of carbonyl (C=O) groups is 1. The lowest BCUT2D eigenvalue weighted by molar-refractivity contribution is -0.248. The number of nitrogens with zero attached hydrogens (tertiary/aromatic N) is 2. The molecule has 7 fully saturated rings. The topological polar surface area (TPSA) is 112 Å². The number of ether oxygens (including phenoxy) is 3. The van der Waals surface area contributed by atoms with Gasteiger partial charge in [0.1, 0.15) is 6.10 Å². The van der Waals surface area contributed by atoms with Crippen LogP contribution in [0.5, 0.6) is 0 Å². The summed E-state index contributed by atoms with van der Waals surface area (Å²) in [5.41, 5.74) is -1.06. The maximum Gasteiger partial charge on any atom is 0.226 e. The molecule has 9 heteroatoms. The molecule has 0 aromatic rings. The Kier molecular flexibility index (Phi) is 9.68. The maximum atomic E-state index is 13.5. The average molecular weight is 703 g/mol. The first-order valence-electron chi connectivity index (χ1n) is 20.4. The molecule has 2 heterocycles. The van der Waals surface area contributed by atoms with E-state index in [2.05, 4.69) is 46.6 Å². The van der Waals surface area contributed by atoms with Crippen molar-refractivity contribution in [2.24, 2.45) is 44.8 Å². The Bertz CT molecular complexity index is 1260. The van der Waals surface area contributed by atoms with Gasteiger partial charge in [0.25, 0.3) is 0 Å². The number of hydrogen-bond acceptors (Lipinski definition) is 8. The smallest absolute Gasteiger partial charge is 0.226 e. The molecule has 2 aliphatic heterocycles. The van der Waals surface area contributed by atoms with Crippen molar-refractivity contribution < 1.29 is 34.3 Å². The van der Waals surface area contributed by atoms with E-state index in [9.17, 15) is 20.1 Å². The summed E-state index contributed by atoms with van der Waals surface area (Å²) in [7, 11) is 2.14. The second-order valence-corrected chi connectivity index (χ2v) is 19.9. The van der Waals surface area contributed by atoms with E-state index in [0.29, 0.717) is 38.0 Å². The molecule has 5 aliphatic carbocycles. The van der Waals surface area contributed by atoms with Gasteiger partial charge < -0.3 is 39.3 Å². The molecule has 1 amide bonds. The number of hydrogen-bond donors (Lipinski definition) is 3. The number of aliphatic hydroxyl groups is 3. The lowest BCUT2D eigenvalue weighted by Crippen LogP contribution is -2.60. The summed E-state index contributed by atoms with van der Waals surface area (Å²) in [5, 5.41) is 34.0. The maximum absolute atomic E-state index is 13.5. The quantitative estimate of drug-likeness (QED) is 0.294. The van der Waals surface area contributed by atoms with Gasteiger partial charge in [-0.1, -0.05) is 41.0 Å². The van der Waals surface area contributed by atoms with Gasteiger partial charge in [0.15, 0.2) is 6.29 Å². The number of piperidine rings is 1. The first-order chi connectivity index (χ1) is 23.4. The Hall–Kier alpha value is -0.810. The van der Waals surface area contributed by atoms with Gasteiger partial charge in [-0.2, -0.15) is 0 Å². The number of aliphatic hydroxyl groups excluding tert-OH is 2. The predicted octanol–water partition coefficient (Wildman–Crippen LogP) is 5.38. The van der Waals surface area contributed by atoms with Crippen molar-refractivity contribution in [3.63, 3.8) is 0 Å². The van der Waals surface area contributed by atoms with Crippen LogP contribution in [0.2, 0.25) is 0 Å². The average Bonchev–Trinajstić information content (AvgIpc) is 3.69.